The summed E-state index contributed by atoms with van der Waals surface area (Å²) in [6.07, 6.45) is -0.451. The van der Waals surface area contributed by atoms with Gasteiger partial charge in [0.15, 0.2) is 5.78 Å². The topological polar surface area (TPSA) is 46.5 Å². The number of ether oxygens (including phenoxy) is 1. The fourth-order valence-corrected chi connectivity index (χ4v) is 2.09. The minimum absolute atomic E-state index is 0.0675. The molecule has 0 aliphatic rings. The second kappa shape index (κ2) is 7.48. The van der Waals surface area contributed by atoms with Crippen LogP contribution in [0.3, 0.4) is 0 Å². The minimum Gasteiger partial charge on any atom is -0.390 e. The summed E-state index contributed by atoms with van der Waals surface area (Å²) >= 11 is 1.56. The number of rotatable bonds is 7. The van der Waals surface area contributed by atoms with Gasteiger partial charge in [-0.2, -0.15) is 0 Å². The van der Waals surface area contributed by atoms with Crippen molar-refractivity contribution in [3.63, 3.8) is 0 Å². The molecule has 0 aliphatic carbocycles. The van der Waals surface area contributed by atoms with Crippen molar-refractivity contribution in [3.05, 3.63) is 29.8 Å². The third-order valence-electron chi connectivity index (χ3n) is 2.22. The van der Waals surface area contributed by atoms with Crippen LogP contribution in [0.25, 0.3) is 0 Å². The van der Waals surface area contributed by atoms with Gasteiger partial charge < -0.3 is 9.84 Å². The Bertz CT molecular complexity index is 348. The van der Waals surface area contributed by atoms with E-state index in [1.165, 1.54) is 0 Å². The Morgan fingerprint density at radius 1 is 1.41 bits per heavy atom. The van der Waals surface area contributed by atoms with E-state index in [-0.39, 0.29) is 5.78 Å². The number of benzene rings is 1. The molecular formula is C13H18O3S. The van der Waals surface area contributed by atoms with Crippen LogP contribution in [0, 0.1) is 0 Å². The molecule has 4 heteroatoms. The van der Waals surface area contributed by atoms with Gasteiger partial charge in [0.2, 0.25) is 0 Å². The van der Waals surface area contributed by atoms with Crippen molar-refractivity contribution in [2.45, 2.75) is 24.8 Å². The lowest BCUT2D eigenvalue weighted by atomic mass is 10.2. The van der Waals surface area contributed by atoms with Crippen molar-refractivity contribution >= 4 is 17.5 Å². The molecule has 0 aromatic heterocycles. The predicted octanol–water partition coefficient (Wildman–Crippen LogP) is 2.38. The lowest BCUT2D eigenvalue weighted by Crippen LogP contribution is -2.17. The second-order valence-corrected chi connectivity index (χ2v) is 4.80. The van der Waals surface area contributed by atoms with Crippen molar-refractivity contribution < 1.29 is 14.6 Å². The highest BCUT2D eigenvalue weighted by Crippen LogP contribution is 2.19. The van der Waals surface area contributed by atoms with Gasteiger partial charge in [-0.3, -0.25) is 4.79 Å². The molecule has 1 unspecified atom stereocenters. The van der Waals surface area contributed by atoms with Crippen LogP contribution < -0.4 is 0 Å². The highest BCUT2D eigenvalue weighted by molar-refractivity contribution is 7.99. The molecule has 0 fully saturated rings. The first-order valence-electron chi connectivity index (χ1n) is 5.63. The number of carbonyl (C=O) groups excluding carboxylic acids is 1. The Hall–Kier alpha value is -0.840. The molecule has 0 saturated heterocycles. The number of hydrogen-bond acceptors (Lipinski definition) is 4. The zero-order chi connectivity index (χ0) is 12.7. The quantitative estimate of drug-likeness (QED) is 0.599. The Balaban J connectivity index is 2.39. The summed E-state index contributed by atoms with van der Waals surface area (Å²) in [5.74, 6) is 0.664. The SMILES string of the molecule is CCOCC(O)CSc1ccc(C(C)=O)cc1. The average molecular weight is 254 g/mol. The molecule has 3 nitrogen and oxygen atoms in total. The molecule has 0 radical (unpaired) electrons. The number of thioether (sulfide) groups is 1. The van der Waals surface area contributed by atoms with E-state index in [1.54, 1.807) is 30.8 Å². The molecule has 1 N–H and O–H groups in total. The first-order chi connectivity index (χ1) is 8.13. The Kier molecular flexibility index (Phi) is 6.26. The van der Waals surface area contributed by atoms with Crippen molar-refractivity contribution in [2.24, 2.45) is 0 Å². The lowest BCUT2D eigenvalue weighted by Gasteiger charge is -2.09. The summed E-state index contributed by atoms with van der Waals surface area (Å²) in [6.45, 7) is 4.44. The van der Waals surface area contributed by atoms with Crippen LogP contribution >= 0.6 is 11.8 Å². The molecule has 0 saturated carbocycles. The molecular weight excluding hydrogens is 236 g/mol. The number of hydrogen-bond donors (Lipinski definition) is 1. The number of Topliss-reactive ketones (excluding diaryl/α,β-unsaturated/α-hetero) is 1. The van der Waals surface area contributed by atoms with Gasteiger partial charge in [0.05, 0.1) is 12.7 Å². The number of aliphatic hydroxyl groups is 1. The zero-order valence-electron chi connectivity index (χ0n) is 10.2. The zero-order valence-corrected chi connectivity index (χ0v) is 11.0. The molecule has 0 aliphatic heterocycles. The highest BCUT2D eigenvalue weighted by Gasteiger charge is 2.05. The summed E-state index contributed by atoms with van der Waals surface area (Å²) < 4.78 is 5.13. The fraction of sp³-hybridized carbons (Fsp3) is 0.462. The van der Waals surface area contributed by atoms with Crippen molar-refractivity contribution in [1.82, 2.24) is 0 Å². The van der Waals surface area contributed by atoms with Gasteiger partial charge in [0.1, 0.15) is 0 Å². The van der Waals surface area contributed by atoms with Gasteiger partial charge in [-0.15, -0.1) is 11.8 Å². The van der Waals surface area contributed by atoms with E-state index in [1.807, 2.05) is 19.1 Å². The molecule has 1 aromatic rings. The molecule has 1 rings (SSSR count). The Morgan fingerprint density at radius 3 is 2.59 bits per heavy atom. The van der Waals surface area contributed by atoms with E-state index in [2.05, 4.69) is 0 Å². The van der Waals surface area contributed by atoms with Crippen LogP contribution in [0.15, 0.2) is 29.2 Å². The van der Waals surface area contributed by atoms with Crippen LogP contribution in [0.1, 0.15) is 24.2 Å². The van der Waals surface area contributed by atoms with Gasteiger partial charge in [-0.1, -0.05) is 12.1 Å². The summed E-state index contributed by atoms with van der Waals surface area (Å²) in [6, 6.07) is 7.41. The van der Waals surface area contributed by atoms with Gasteiger partial charge in [-0.25, -0.2) is 0 Å². The lowest BCUT2D eigenvalue weighted by molar-refractivity contribution is 0.0551. The summed E-state index contributed by atoms with van der Waals surface area (Å²) in [4.78, 5) is 12.1. The largest absolute Gasteiger partial charge is 0.390 e. The first kappa shape index (κ1) is 14.2. The van der Waals surface area contributed by atoms with Gasteiger partial charge in [0.25, 0.3) is 0 Å². The summed E-state index contributed by atoms with van der Waals surface area (Å²) in [5, 5.41) is 9.58. The third kappa shape index (κ3) is 5.35. The monoisotopic (exact) mass is 254 g/mol. The van der Waals surface area contributed by atoms with Crippen LogP contribution in [-0.2, 0) is 4.74 Å². The van der Waals surface area contributed by atoms with Crippen LogP contribution in [-0.4, -0.2) is 36.0 Å². The Morgan fingerprint density at radius 2 is 2.06 bits per heavy atom. The summed E-state index contributed by atoms with van der Waals surface area (Å²) in [7, 11) is 0. The van der Waals surface area contributed by atoms with E-state index in [4.69, 9.17) is 4.74 Å². The number of ketones is 1. The maximum atomic E-state index is 11.1. The van der Waals surface area contributed by atoms with Crippen molar-refractivity contribution in [3.8, 4) is 0 Å². The van der Waals surface area contributed by atoms with E-state index in [9.17, 15) is 9.90 Å². The van der Waals surface area contributed by atoms with Crippen molar-refractivity contribution in [2.75, 3.05) is 19.0 Å². The van der Waals surface area contributed by atoms with Crippen LogP contribution in [0.5, 0.6) is 0 Å². The molecule has 1 aromatic carbocycles. The Labute approximate surface area is 106 Å². The maximum absolute atomic E-state index is 11.1. The van der Waals surface area contributed by atoms with Crippen LogP contribution in [0.2, 0.25) is 0 Å². The molecule has 0 bridgehead atoms. The number of carbonyl (C=O) groups is 1. The molecule has 0 heterocycles. The van der Waals surface area contributed by atoms with Crippen LogP contribution in [0.4, 0.5) is 0 Å². The summed E-state index contributed by atoms with van der Waals surface area (Å²) in [5.41, 5.74) is 0.712. The fourth-order valence-electron chi connectivity index (χ4n) is 1.28. The average Bonchev–Trinajstić information content (AvgIpc) is 2.34. The van der Waals surface area contributed by atoms with Gasteiger partial charge in [0, 0.05) is 22.8 Å². The highest BCUT2D eigenvalue weighted by atomic mass is 32.2. The van der Waals surface area contributed by atoms with E-state index in [0.717, 1.165) is 4.90 Å². The molecule has 0 amide bonds. The van der Waals surface area contributed by atoms with E-state index < -0.39 is 6.10 Å². The van der Waals surface area contributed by atoms with Crippen molar-refractivity contribution in [1.29, 1.82) is 0 Å². The molecule has 0 spiro atoms. The smallest absolute Gasteiger partial charge is 0.159 e. The normalized spacial score (nSPS) is 12.4. The van der Waals surface area contributed by atoms with E-state index in [0.29, 0.717) is 24.5 Å². The number of aliphatic hydroxyl groups excluding tert-OH is 1. The minimum atomic E-state index is -0.451. The standard InChI is InChI=1S/C13H18O3S/c1-3-16-8-12(15)9-17-13-6-4-11(5-7-13)10(2)14/h4-7,12,15H,3,8-9H2,1-2H3. The van der Waals surface area contributed by atoms with Gasteiger partial charge >= 0.3 is 0 Å². The second-order valence-electron chi connectivity index (χ2n) is 3.70. The molecule has 1 atom stereocenters. The molecule has 17 heavy (non-hydrogen) atoms. The molecule has 94 valence electrons. The first-order valence-corrected chi connectivity index (χ1v) is 6.61. The van der Waals surface area contributed by atoms with Gasteiger partial charge in [-0.05, 0) is 26.0 Å². The predicted molar refractivity (Wildman–Crippen MR) is 69.7 cm³/mol. The third-order valence-corrected chi connectivity index (χ3v) is 3.37. The van der Waals surface area contributed by atoms with E-state index >= 15 is 0 Å². The maximum Gasteiger partial charge on any atom is 0.159 e.